The molecule has 1 atom stereocenters. The van der Waals surface area contributed by atoms with Gasteiger partial charge in [0.25, 0.3) is 0 Å². The molecule has 2 nitrogen and oxygen atoms in total. The van der Waals surface area contributed by atoms with Gasteiger partial charge >= 0.3 is 0 Å². The first-order valence-corrected chi connectivity index (χ1v) is 6.92. The summed E-state index contributed by atoms with van der Waals surface area (Å²) in [4.78, 5) is 0. The maximum atomic E-state index is 11.2. The fourth-order valence-corrected chi connectivity index (χ4v) is 1.92. The Morgan fingerprint density at radius 1 is 1.36 bits per heavy atom. The molecule has 0 aromatic carbocycles. The molecule has 68 valence electrons. The van der Waals surface area contributed by atoms with E-state index in [0.29, 0.717) is 0 Å². The Morgan fingerprint density at radius 2 is 1.91 bits per heavy atom. The molecule has 0 aromatic heterocycles. The quantitative estimate of drug-likeness (QED) is 0.517. The third-order valence-corrected chi connectivity index (χ3v) is 2.96. The average molecular weight is 178 g/mol. The van der Waals surface area contributed by atoms with Gasteiger partial charge in [-0.2, -0.15) is 0 Å². The Hall–Kier alpha value is 0.190. The van der Waals surface area contributed by atoms with Gasteiger partial charge in [-0.3, -0.25) is 0 Å². The zero-order valence-corrected chi connectivity index (χ0v) is 8.60. The second kappa shape index (κ2) is 4.95. The van der Waals surface area contributed by atoms with Crippen LogP contribution in [0.1, 0.15) is 26.2 Å². The third-order valence-electron chi connectivity index (χ3n) is 1.57. The van der Waals surface area contributed by atoms with Gasteiger partial charge in [0.05, 0.1) is 13.2 Å². The summed E-state index contributed by atoms with van der Waals surface area (Å²) >= 11 is 0. The van der Waals surface area contributed by atoms with Crippen LogP contribution in [0.2, 0.25) is 0 Å². The molecule has 0 rings (SSSR count). The lowest BCUT2D eigenvalue weighted by Gasteiger charge is -2.06. The lowest BCUT2D eigenvalue weighted by molar-refractivity contribution is 0.181. The van der Waals surface area contributed by atoms with Crippen molar-refractivity contribution in [2.45, 2.75) is 32.3 Å². The van der Waals surface area contributed by atoms with Crippen LogP contribution in [0.4, 0.5) is 0 Å². The van der Waals surface area contributed by atoms with Crippen LogP contribution < -0.4 is 0 Å². The number of unbranched alkanes of at least 4 members (excludes halogenated alkanes) is 1. The molecular weight excluding hydrogens is 159 g/mol. The number of hydrogen-bond acceptors (Lipinski definition) is 2. The molecular formula is C8H19O2P. The van der Waals surface area contributed by atoms with Gasteiger partial charge < -0.3 is 9.67 Å². The molecule has 11 heavy (non-hydrogen) atoms. The molecule has 0 unspecified atom stereocenters. The molecule has 1 N–H and O–H groups in total. The molecule has 0 heterocycles. The summed E-state index contributed by atoms with van der Waals surface area (Å²) < 4.78 is 11.2. The van der Waals surface area contributed by atoms with Gasteiger partial charge in [0, 0.05) is 6.16 Å². The second-order valence-electron chi connectivity index (χ2n) is 3.64. The van der Waals surface area contributed by atoms with E-state index in [1.807, 2.05) is 13.3 Å². The first-order valence-electron chi connectivity index (χ1n) is 4.14. The maximum Gasteiger partial charge on any atom is 0.0819 e. The zero-order chi connectivity index (χ0) is 8.91. The summed E-state index contributed by atoms with van der Waals surface area (Å²) in [5.41, 5.74) is 0. The van der Waals surface area contributed by atoms with Gasteiger partial charge in [-0.25, -0.2) is 0 Å². The van der Waals surface area contributed by atoms with E-state index >= 15 is 0 Å². The molecule has 0 amide bonds. The molecule has 0 aliphatic heterocycles. The minimum Gasteiger partial charge on any atom is -0.393 e. The third kappa shape index (κ3) is 10.2. The van der Waals surface area contributed by atoms with Gasteiger partial charge in [0.2, 0.25) is 0 Å². The van der Waals surface area contributed by atoms with Crippen molar-refractivity contribution in [2.75, 3.05) is 19.5 Å². The first-order chi connectivity index (χ1) is 4.92. The van der Waals surface area contributed by atoms with E-state index < -0.39 is 7.14 Å². The average Bonchev–Trinajstić information content (AvgIpc) is 1.78. The molecule has 0 fully saturated rings. The Morgan fingerprint density at radius 3 is 2.27 bits per heavy atom. The number of rotatable bonds is 5. The van der Waals surface area contributed by atoms with Crippen molar-refractivity contribution < 1.29 is 9.67 Å². The van der Waals surface area contributed by atoms with Gasteiger partial charge in [0.1, 0.15) is 0 Å². The SMILES string of the molecule is C[C@H](O)CCCCP(C)(C)=O. The van der Waals surface area contributed by atoms with Crippen molar-refractivity contribution in [1.29, 1.82) is 0 Å². The van der Waals surface area contributed by atoms with E-state index in [1.165, 1.54) is 0 Å². The van der Waals surface area contributed by atoms with E-state index in [1.54, 1.807) is 6.92 Å². The summed E-state index contributed by atoms with van der Waals surface area (Å²) in [5, 5.41) is 8.91. The van der Waals surface area contributed by atoms with E-state index in [4.69, 9.17) is 5.11 Å². The molecule has 3 heteroatoms. The van der Waals surface area contributed by atoms with Crippen molar-refractivity contribution in [3.8, 4) is 0 Å². The minimum atomic E-state index is -1.81. The summed E-state index contributed by atoms with van der Waals surface area (Å²) in [7, 11) is -1.81. The topological polar surface area (TPSA) is 37.3 Å². The fourth-order valence-electron chi connectivity index (χ4n) is 0.932. The molecule has 0 aliphatic carbocycles. The smallest absolute Gasteiger partial charge is 0.0819 e. The van der Waals surface area contributed by atoms with E-state index in [9.17, 15) is 4.57 Å². The van der Waals surface area contributed by atoms with Gasteiger partial charge in [0.15, 0.2) is 0 Å². The highest BCUT2D eigenvalue weighted by molar-refractivity contribution is 7.62. The van der Waals surface area contributed by atoms with E-state index in [0.717, 1.165) is 25.4 Å². The van der Waals surface area contributed by atoms with E-state index in [2.05, 4.69) is 0 Å². The molecule has 0 radical (unpaired) electrons. The maximum absolute atomic E-state index is 11.2. The summed E-state index contributed by atoms with van der Waals surface area (Å²) in [6, 6.07) is 0. The zero-order valence-electron chi connectivity index (χ0n) is 7.71. The van der Waals surface area contributed by atoms with Crippen molar-refractivity contribution in [3.05, 3.63) is 0 Å². The largest absolute Gasteiger partial charge is 0.393 e. The molecule has 0 saturated carbocycles. The monoisotopic (exact) mass is 178 g/mol. The molecule has 0 spiro atoms. The summed E-state index contributed by atoms with van der Waals surface area (Å²) in [5.74, 6) is 0. The van der Waals surface area contributed by atoms with Crippen molar-refractivity contribution >= 4 is 7.14 Å². The van der Waals surface area contributed by atoms with Crippen LogP contribution in [0.3, 0.4) is 0 Å². The first kappa shape index (κ1) is 11.2. The molecule has 0 aromatic rings. The Labute approximate surface area is 69.4 Å². The number of aliphatic hydroxyl groups excluding tert-OH is 1. The van der Waals surface area contributed by atoms with Crippen molar-refractivity contribution in [1.82, 2.24) is 0 Å². The lowest BCUT2D eigenvalue weighted by Crippen LogP contribution is -1.99. The highest BCUT2D eigenvalue weighted by Gasteiger charge is 2.05. The summed E-state index contributed by atoms with van der Waals surface area (Å²) in [6.07, 6.45) is 3.42. The number of aliphatic hydroxyl groups is 1. The van der Waals surface area contributed by atoms with Crippen LogP contribution >= 0.6 is 7.14 Å². The Kier molecular flexibility index (Phi) is 5.03. The molecule has 0 aliphatic rings. The minimum absolute atomic E-state index is 0.205. The molecule has 0 saturated heterocycles. The standard InChI is InChI=1S/C8H19O2P/c1-8(9)6-4-5-7-11(2,3)10/h8-9H,4-7H2,1-3H3/t8-/m0/s1. The molecule has 0 bridgehead atoms. The highest BCUT2D eigenvalue weighted by Crippen LogP contribution is 2.36. The Bertz CT molecular complexity index is 137. The predicted molar refractivity (Wildman–Crippen MR) is 49.9 cm³/mol. The second-order valence-corrected chi connectivity index (χ2v) is 7.24. The van der Waals surface area contributed by atoms with Gasteiger partial charge in [-0.05, 0) is 33.1 Å². The Balaban J connectivity index is 3.22. The van der Waals surface area contributed by atoms with Crippen molar-refractivity contribution in [3.63, 3.8) is 0 Å². The van der Waals surface area contributed by atoms with Gasteiger partial charge in [-0.1, -0.05) is 6.42 Å². The van der Waals surface area contributed by atoms with Crippen molar-refractivity contribution in [2.24, 2.45) is 0 Å². The highest BCUT2D eigenvalue weighted by atomic mass is 31.2. The van der Waals surface area contributed by atoms with Crippen LogP contribution in [0.5, 0.6) is 0 Å². The fraction of sp³-hybridized carbons (Fsp3) is 1.00. The van der Waals surface area contributed by atoms with Crippen LogP contribution in [0.15, 0.2) is 0 Å². The van der Waals surface area contributed by atoms with Crippen LogP contribution in [0, 0.1) is 0 Å². The normalized spacial score (nSPS) is 14.9. The van der Waals surface area contributed by atoms with Crippen LogP contribution in [-0.4, -0.2) is 30.7 Å². The summed E-state index contributed by atoms with van der Waals surface area (Å²) in [6.45, 7) is 5.42. The van der Waals surface area contributed by atoms with Gasteiger partial charge in [-0.15, -0.1) is 0 Å². The van der Waals surface area contributed by atoms with E-state index in [-0.39, 0.29) is 6.10 Å². The lowest BCUT2D eigenvalue weighted by atomic mass is 10.2. The number of hydrogen-bond donors (Lipinski definition) is 1. The van der Waals surface area contributed by atoms with Crippen LogP contribution in [-0.2, 0) is 4.57 Å². The van der Waals surface area contributed by atoms with Crippen LogP contribution in [0.25, 0.3) is 0 Å². The predicted octanol–water partition coefficient (Wildman–Crippen LogP) is 2.16.